The van der Waals surface area contributed by atoms with E-state index >= 15 is 0 Å². The highest BCUT2D eigenvalue weighted by Gasteiger charge is 2.24. The Balaban J connectivity index is 1.47. The minimum Gasteiger partial charge on any atom is -0.493 e. The molecule has 0 unspecified atom stereocenters. The van der Waals surface area contributed by atoms with Crippen LogP contribution >= 0.6 is 0 Å². The van der Waals surface area contributed by atoms with Crippen LogP contribution < -0.4 is 4.74 Å². The lowest BCUT2D eigenvalue weighted by Gasteiger charge is -2.32. The van der Waals surface area contributed by atoms with Crippen LogP contribution in [0.3, 0.4) is 0 Å². The molecule has 1 aliphatic rings. The maximum absolute atomic E-state index is 12.3. The number of hydrogen-bond acceptors (Lipinski definition) is 4. The second-order valence-electron chi connectivity index (χ2n) is 5.42. The van der Waals surface area contributed by atoms with Crippen LogP contribution in [0.2, 0.25) is 0 Å². The third kappa shape index (κ3) is 3.63. The van der Waals surface area contributed by atoms with E-state index in [1.165, 1.54) is 6.33 Å². The number of nitrogens with zero attached hydrogens (tertiary/aromatic N) is 4. The predicted octanol–water partition coefficient (Wildman–Crippen LogP) is 1.91. The molecule has 2 heterocycles. The van der Waals surface area contributed by atoms with E-state index < -0.39 is 0 Å². The maximum Gasteiger partial charge on any atom is 0.226 e. The van der Waals surface area contributed by atoms with Gasteiger partial charge in [0.05, 0.1) is 19.1 Å². The van der Waals surface area contributed by atoms with E-state index in [0.717, 1.165) is 25.1 Å². The molecule has 0 bridgehead atoms. The molecule has 116 valence electrons. The molecule has 1 saturated heterocycles. The monoisotopic (exact) mass is 300 g/mol. The molecule has 1 amide bonds. The topological polar surface area (TPSA) is 60.2 Å². The van der Waals surface area contributed by atoms with E-state index in [2.05, 4.69) is 10.1 Å². The van der Waals surface area contributed by atoms with Gasteiger partial charge in [0.25, 0.3) is 0 Å². The summed E-state index contributed by atoms with van der Waals surface area (Å²) in [6, 6.07) is 9.80. The molecule has 1 atom stereocenters. The average Bonchev–Trinajstić information content (AvgIpc) is 3.10. The van der Waals surface area contributed by atoms with E-state index in [1.54, 1.807) is 6.33 Å². The Kier molecular flexibility index (Phi) is 4.68. The first kappa shape index (κ1) is 14.6. The van der Waals surface area contributed by atoms with E-state index in [1.807, 2.05) is 39.9 Å². The van der Waals surface area contributed by atoms with Crippen molar-refractivity contribution in [3.63, 3.8) is 0 Å². The van der Waals surface area contributed by atoms with Gasteiger partial charge in [0.15, 0.2) is 0 Å². The van der Waals surface area contributed by atoms with Gasteiger partial charge in [-0.15, -0.1) is 0 Å². The molecule has 0 aliphatic carbocycles. The molecule has 0 N–H and O–H groups in total. The smallest absolute Gasteiger partial charge is 0.226 e. The van der Waals surface area contributed by atoms with Crippen molar-refractivity contribution in [2.24, 2.45) is 0 Å². The Bertz CT molecular complexity index is 585. The molecule has 0 spiro atoms. The van der Waals surface area contributed by atoms with Gasteiger partial charge in [-0.25, -0.2) is 9.67 Å². The van der Waals surface area contributed by atoms with Crippen molar-refractivity contribution in [3.05, 3.63) is 43.0 Å². The van der Waals surface area contributed by atoms with Gasteiger partial charge in [-0.05, 0) is 25.0 Å². The van der Waals surface area contributed by atoms with Crippen LogP contribution in [-0.4, -0.2) is 45.3 Å². The van der Waals surface area contributed by atoms with E-state index in [9.17, 15) is 4.79 Å². The van der Waals surface area contributed by atoms with Gasteiger partial charge in [-0.3, -0.25) is 4.79 Å². The number of likely N-dealkylation sites (tertiary alicyclic amines) is 1. The highest BCUT2D eigenvalue weighted by atomic mass is 16.5. The van der Waals surface area contributed by atoms with Gasteiger partial charge in [-0.1, -0.05) is 18.2 Å². The SMILES string of the molecule is O=C(CCOc1ccccc1)N1CCC[C@@H](n2cncn2)C1. The van der Waals surface area contributed by atoms with E-state index in [0.29, 0.717) is 19.6 Å². The van der Waals surface area contributed by atoms with Crippen LogP contribution in [0.1, 0.15) is 25.3 Å². The quantitative estimate of drug-likeness (QED) is 0.846. The predicted molar refractivity (Wildman–Crippen MR) is 81.4 cm³/mol. The minimum absolute atomic E-state index is 0.140. The third-order valence-electron chi connectivity index (χ3n) is 3.89. The number of hydrogen-bond donors (Lipinski definition) is 0. The molecule has 1 aromatic heterocycles. The molecule has 2 aromatic rings. The summed E-state index contributed by atoms with van der Waals surface area (Å²) in [4.78, 5) is 18.2. The Morgan fingerprint density at radius 1 is 1.32 bits per heavy atom. The van der Waals surface area contributed by atoms with Crippen LogP contribution in [0.15, 0.2) is 43.0 Å². The Labute approximate surface area is 129 Å². The van der Waals surface area contributed by atoms with Crippen molar-refractivity contribution in [1.29, 1.82) is 0 Å². The van der Waals surface area contributed by atoms with Crippen molar-refractivity contribution in [1.82, 2.24) is 19.7 Å². The molecular formula is C16H20N4O2. The fourth-order valence-corrected chi connectivity index (χ4v) is 2.73. The summed E-state index contributed by atoms with van der Waals surface area (Å²) in [5.41, 5.74) is 0. The largest absolute Gasteiger partial charge is 0.493 e. The van der Waals surface area contributed by atoms with Crippen LogP contribution in [0.5, 0.6) is 5.75 Å². The van der Waals surface area contributed by atoms with Gasteiger partial charge in [0.1, 0.15) is 18.4 Å². The third-order valence-corrected chi connectivity index (χ3v) is 3.89. The molecular weight excluding hydrogens is 280 g/mol. The molecule has 6 nitrogen and oxygen atoms in total. The molecule has 3 rings (SSSR count). The van der Waals surface area contributed by atoms with Gasteiger partial charge in [-0.2, -0.15) is 5.10 Å². The molecule has 22 heavy (non-hydrogen) atoms. The Morgan fingerprint density at radius 2 is 2.18 bits per heavy atom. The second kappa shape index (κ2) is 7.06. The summed E-state index contributed by atoms with van der Waals surface area (Å²) < 4.78 is 7.44. The summed E-state index contributed by atoms with van der Waals surface area (Å²) in [6.07, 6.45) is 5.69. The van der Waals surface area contributed by atoms with Crippen molar-refractivity contribution in [3.8, 4) is 5.75 Å². The highest BCUT2D eigenvalue weighted by Crippen LogP contribution is 2.20. The molecule has 0 saturated carbocycles. The number of aromatic nitrogens is 3. The van der Waals surface area contributed by atoms with Gasteiger partial charge >= 0.3 is 0 Å². The van der Waals surface area contributed by atoms with Crippen LogP contribution in [0.25, 0.3) is 0 Å². The normalized spacial score (nSPS) is 18.2. The number of rotatable bonds is 5. The molecule has 1 aromatic carbocycles. The lowest BCUT2D eigenvalue weighted by atomic mass is 10.1. The number of ether oxygens (including phenoxy) is 1. The summed E-state index contributed by atoms with van der Waals surface area (Å²) in [5.74, 6) is 0.940. The fraction of sp³-hybridized carbons (Fsp3) is 0.438. The number of benzene rings is 1. The Morgan fingerprint density at radius 3 is 2.95 bits per heavy atom. The van der Waals surface area contributed by atoms with E-state index in [4.69, 9.17) is 4.74 Å². The molecule has 1 fully saturated rings. The van der Waals surface area contributed by atoms with Gasteiger partial charge in [0, 0.05) is 13.1 Å². The zero-order chi connectivity index (χ0) is 15.2. The zero-order valence-electron chi connectivity index (χ0n) is 12.5. The standard InChI is InChI=1S/C16H20N4O2/c21-16(8-10-22-15-6-2-1-3-7-15)19-9-4-5-14(11-19)20-13-17-12-18-20/h1-3,6-7,12-14H,4-5,8-11H2/t14-/m1/s1. The van der Waals surface area contributed by atoms with Crippen molar-refractivity contribution < 1.29 is 9.53 Å². The van der Waals surface area contributed by atoms with Gasteiger partial charge < -0.3 is 9.64 Å². The summed E-state index contributed by atoms with van der Waals surface area (Å²) in [5, 5.41) is 4.18. The van der Waals surface area contributed by atoms with Crippen LogP contribution in [0.4, 0.5) is 0 Å². The first-order valence-electron chi connectivity index (χ1n) is 7.62. The first-order chi connectivity index (χ1) is 10.8. The summed E-state index contributed by atoms with van der Waals surface area (Å²) in [7, 11) is 0. The van der Waals surface area contributed by atoms with Crippen molar-refractivity contribution in [2.75, 3.05) is 19.7 Å². The van der Waals surface area contributed by atoms with Gasteiger partial charge in [0.2, 0.25) is 5.91 Å². The number of para-hydroxylation sites is 1. The van der Waals surface area contributed by atoms with Crippen molar-refractivity contribution in [2.45, 2.75) is 25.3 Å². The molecule has 1 aliphatic heterocycles. The number of carbonyl (C=O) groups excluding carboxylic acids is 1. The number of piperidine rings is 1. The second-order valence-corrected chi connectivity index (χ2v) is 5.42. The lowest BCUT2D eigenvalue weighted by Crippen LogP contribution is -2.41. The molecule has 6 heteroatoms. The van der Waals surface area contributed by atoms with Crippen LogP contribution in [0, 0.1) is 0 Å². The van der Waals surface area contributed by atoms with Crippen LogP contribution in [-0.2, 0) is 4.79 Å². The highest BCUT2D eigenvalue weighted by molar-refractivity contribution is 5.76. The number of carbonyl (C=O) groups is 1. The first-order valence-corrected chi connectivity index (χ1v) is 7.62. The molecule has 0 radical (unpaired) electrons. The average molecular weight is 300 g/mol. The minimum atomic E-state index is 0.140. The zero-order valence-corrected chi connectivity index (χ0v) is 12.5. The van der Waals surface area contributed by atoms with E-state index in [-0.39, 0.29) is 11.9 Å². The number of amides is 1. The summed E-state index contributed by atoms with van der Waals surface area (Å²) in [6.45, 7) is 1.93. The van der Waals surface area contributed by atoms with Crippen molar-refractivity contribution >= 4 is 5.91 Å². The maximum atomic E-state index is 12.3. The Hall–Kier alpha value is -2.37. The fourth-order valence-electron chi connectivity index (χ4n) is 2.73. The summed E-state index contributed by atoms with van der Waals surface area (Å²) >= 11 is 0. The lowest BCUT2D eigenvalue weighted by molar-refractivity contribution is -0.133.